The molecule has 0 unspecified atom stereocenters. The molecule has 1 aromatic carbocycles. The van der Waals surface area contributed by atoms with Crippen LogP contribution in [0.3, 0.4) is 0 Å². The van der Waals surface area contributed by atoms with E-state index in [1.165, 1.54) is 6.07 Å². The van der Waals surface area contributed by atoms with E-state index >= 15 is 0 Å². The first-order valence-corrected chi connectivity index (χ1v) is 8.06. The zero-order valence-corrected chi connectivity index (χ0v) is 13.6. The van der Waals surface area contributed by atoms with Crippen molar-refractivity contribution in [1.29, 1.82) is 0 Å². The van der Waals surface area contributed by atoms with Crippen LogP contribution >= 0.6 is 0 Å². The number of carbonyl (C=O) groups is 1. The Balaban J connectivity index is 1.57. The van der Waals surface area contributed by atoms with Gasteiger partial charge in [0, 0.05) is 51.0 Å². The van der Waals surface area contributed by atoms with Crippen molar-refractivity contribution in [2.75, 3.05) is 26.2 Å². The average molecular weight is 334 g/mol. The van der Waals surface area contributed by atoms with E-state index < -0.39 is 11.6 Å². The molecule has 0 N–H and O–H groups in total. The summed E-state index contributed by atoms with van der Waals surface area (Å²) in [6.45, 7) is 5.37. The molecular weight excluding hydrogens is 314 g/mol. The average Bonchev–Trinajstić information content (AvgIpc) is 3.08. The van der Waals surface area contributed by atoms with Gasteiger partial charge in [0.25, 0.3) is 5.91 Å². The number of nitrogens with zero attached hydrogens (tertiary/aromatic N) is 4. The second-order valence-electron chi connectivity index (χ2n) is 5.84. The highest BCUT2D eigenvalue weighted by Crippen LogP contribution is 2.15. The zero-order chi connectivity index (χ0) is 17.1. The van der Waals surface area contributed by atoms with Crippen molar-refractivity contribution in [2.45, 2.75) is 20.0 Å². The molecule has 1 aromatic heterocycles. The van der Waals surface area contributed by atoms with Crippen molar-refractivity contribution < 1.29 is 13.6 Å². The highest BCUT2D eigenvalue weighted by Gasteiger charge is 2.24. The van der Waals surface area contributed by atoms with Gasteiger partial charge in [-0.3, -0.25) is 14.4 Å². The number of hydrogen-bond donors (Lipinski definition) is 0. The summed E-state index contributed by atoms with van der Waals surface area (Å²) in [4.78, 5) is 16.2. The molecule has 1 aliphatic rings. The van der Waals surface area contributed by atoms with Gasteiger partial charge < -0.3 is 4.90 Å². The Morgan fingerprint density at radius 1 is 1.17 bits per heavy atom. The highest BCUT2D eigenvalue weighted by molar-refractivity contribution is 5.92. The fraction of sp³-hybridized carbons (Fsp3) is 0.412. The Morgan fingerprint density at radius 2 is 1.92 bits per heavy atom. The molecule has 128 valence electrons. The van der Waals surface area contributed by atoms with Crippen molar-refractivity contribution in [3.05, 3.63) is 53.4 Å². The van der Waals surface area contributed by atoms with Gasteiger partial charge in [-0.2, -0.15) is 5.10 Å². The van der Waals surface area contributed by atoms with Gasteiger partial charge in [-0.25, -0.2) is 8.78 Å². The lowest BCUT2D eigenvalue weighted by atomic mass is 10.1. The molecule has 0 bridgehead atoms. The first-order chi connectivity index (χ1) is 11.6. The molecule has 7 heteroatoms. The standard InChI is InChI=1S/C17H20F2N4O/c1-2-23-7-6-15(20-23)17(24)22-10-8-21(9-11-22)12-13-4-3-5-14(18)16(13)19/h3-7H,2,8-12H2,1H3. The van der Waals surface area contributed by atoms with Crippen molar-refractivity contribution in [1.82, 2.24) is 19.6 Å². The molecule has 1 fully saturated rings. The van der Waals surface area contributed by atoms with E-state index in [9.17, 15) is 13.6 Å². The van der Waals surface area contributed by atoms with Crippen LogP contribution in [0.1, 0.15) is 23.0 Å². The van der Waals surface area contributed by atoms with Crippen molar-refractivity contribution in [3.63, 3.8) is 0 Å². The first-order valence-electron chi connectivity index (χ1n) is 8.06. The van der Waals surface area contributed by atoms with E-state index in [1.807, 2.05) is 11.8 Å². The predicted molar refractivity (Wildman–Crippen MR) is 85.4 cm³/mol. The number of benzene rings is 1. The molecule has 1 saturated heterocycles. The third-order valence-corrected chi connectivity index (χ3v) is 4.27. The zero-order valence-electron chi connectivity index (χ0n) is 13.6. The van der Waals surface area contributed by atoms with Gasteiger partial charge in [-0.05, 0) is 19.1 Å². The lowest BCUT2D eigenvalue weighted by Crippen LogP contribution is -2.48. The molecule has 2 heterocycles. The molecule has 2 aromatic rings. The summed E-state index contributed by atoms with van der Waals surface area (Å²) in [5.41, 5.74) is 0.790. The molecule has 0 aliphatic carbocycles. The minimum absolute atomic E-state index is 0.0845. The molecule has 1 aliphatic heterocycles. The van der Waals surface area contributed by atoms with E-state index in [0.717, 1.165) is 12.6 Å². The Hall–Kier alpha value is -2.28. The normalized spacial score (nSPS) is 15.7. The van der Waals surface area contributed by atoms with Crippen molar-refractivity contribution >= 4 is 5.91 Å². The van der Waals surface area contributed by atoms with E-state index in [-0.39, 0.29) is 5.91 Å². The molecule has 0 radical (unpaired) electrons. The summed E-state index contributed by atoms with van der Waals surface area (Å²) in [5.74, 6) is -1.70. The molecule has 5 nitrogen and oxygen atoms in total. The minimum Gasteiger partial charge on any atom is -0.335 e. The van der Waals surface area contributed by atoms with Crippen LogP contribution in [0.4, 0.5) is 8.78 Å². The van der Waals surface area contributed by atoms with Crippen molar-refractivity contribution in [2.24, 2.45) is 0 Å². The lowest BCUT2D eigenvalue weighted by Gasteiger charge is -2.34. The van der Waals surface area contributed by atoms with Crippen LogP contribution in [-0.4, -0.2) is 51.7 Å². The van der Waals surface area contributed by atoms with Crippen LogP contribution in [0, 0.1) is 11.6 Å². The van der Waals surface area contributed by atoms with Crippen LogP contribution in [0.5, 0.6) is 0 Å². The Bertz CT molecular complexity index is 723. The van der Waals surface area contributed by atoms with Gasteiger partial charge in [0.1, 0.15) is 5.69 Å². The fourth-order valence-electron chi connectivity index (χ4n) is 2.83. The largest absolute Gasteiger partial charge is 0.335 e. The number of aryl methyl sites for hydroxylation is 1. The van der Waals surface area contributed by atoms with Crippen LogP contribution in [0.2, 0.25) is 0 Å². The van der Waals surface area contributed by atoms with E-state index in [0.29, 0.717) is 44.0 Å². The summed E-state index contributed by atoms with van der Waals surface area (Å²) >= 11 is 0. The SMILES string of the molecule is CCn1ccc(C(=O)N2CCN(Cc3cccc(F)c3F)CC2)n1. The summed E-state index contributed by atoms with van der Waals surface area (Å²) < 4.78 is 28.7. The number of hydrogen-bond acceptors (Lipinski definition) is 3. The van der Waals surface area contributed by atoms with Gasteiger partial charge in [0.2, 0.25) is 0 Å². The predicted octanol–water partition coefficient (Wildman–Crippen LogP) is 2.14. The molecule has 0 spiro atoms. The van der Waals surface area contributed by atoms with Gasteiger partial charge in [-0.15, -0.1) is 0 Å². The topological polar surface area (TPSA) is 41.4 Å². The Kier molecular flexibility index (Phi) is 4.89. The smallest absolute Gasteiger partial charge is 0.274 e. The number of piperazine rings is 1. The van der Waals surface area contributed by atoms with E-state index in [2.05, 4.69) is 5.10 Å². The Labute approximate surface area is 139 Å². The molecular formula is C17H20F2N4O. The minimum atomic E-state index is -0.826. The van der Waals surface area contributed by atoms with Crippen LogP contribution in [0.15, 0.2) is 30.5 Å². The highest BCUT2D eigenvalue weighted by atomic mass is 19.2. The third kappa shape index (κ3) is 3.46. The first kappa shape index (κ1) is 16.6. The van der Waals surface area contributed by atoms with E-state index in [4.69, 9.17) is 0 Å². The van der Waals surface area contributed by atoms with Crippen LogP contribution in [0.25, 0.3) is 0 Å². The van der Waals surface area contributed by atoms with Gasteiger partial charge >= 0.3 is 0 Å². The molecule has 1 amide bonds. The summed E-state index contributed by atoms with van der Waals surface area (Å²) in [7, 11) is 0. The van der Waals surface area contributed by atoms with Gasteiger partial charge in [-0.1, -0.05) is 12.1 Å². The number of halogens is 2. The van der Waals surface area contributed by atoms with Crippen molar-refractivity contribution in [3.8, 4) is 0 Å². The third-order valence-electron chi connectivity index (χ3n) is 4.27. The van der Waals surface area contributed by atoms with Crippen LogP contribution < -0.4 is 0 Å². The monoisotopic (exact) mass is 334 g/mol. The number of rotatable bonds is 4. The summed E-state index contributed by atoms with van der Waals surface area (Å²) in [5, 5.41) is 4.23. The van der Waals surface area contributed by atoms with Gasteiger partial charge in [0.05, 0.1) is 0 Å². The molecule has 0 atom stereocenters. The number of carbonyl (C=O) groups excluding carboxylic acids is 1. The molecule has 24 heavy (non-hydrogen) atoms. The maximum absolute atomic E-state index is 13.7. The molecule has 3 rings (SSSR count). The fourth-order valence-corrected chi connectivity index (χ4v) is 2.83. The lowest BCUT2D eigenvalue weighted by molar-refractivity contribution is 0.0620. The van der Waals surface area contributed by atoms with E-state index in [1.54, 1.807) is 27.9 Å². The Morgan fingerprint density at radius 3 is 2.58 bits per heavy atom. The second-order valence-corrected chi connectivity index (χ2v) is 5.84. The maximum atomic E-state index is 13.7. The molecule has 0 saturated carbocycles. The van der Waals surface area contributed by atoms with Crippen LogP contribution in [-0.2, 0) is 13.1 Å². The van der Waals surface area contributed by atoms with Gasteiger partial charge in [0.15, 0.2) is 11.6 Å². The second kappa shape index (κ2) is 7.09. The number of amides is 1. The summed E-state index contributed by atoms with van der Waals surface area (Å²) in [6, 6.07) is 5.94. The summed E-state index contributed by atoms with van der Waals surface area (Å²) in [6.07, 6.45) is 1.79. The quantitative estimate of drug-likeness (QED) is 0.860. The number of aromatic nitrogens is 2. The maximum Gasteiger partial charge on any atom is 0.274 e.